The Labute approximate surface area is 79.8 Å². The van der Waals surface area contributed by atoms with Gasteiger partial charge < -0.3 is 15.0 Å². The Morgan fingerprint density at radius 2 is 2.00 bits per heavy atom. The van der Waals surface area contributed by atoms with Crippen molar-refractivity contribution in [3.8, 4) is 0 Å². The second-order valence-electron chi connectivity index (χ2n) is 3.81. The van der Waals surface area contributed by atoms with E-state index in [-0.39, 0.29) is 0 Å². The standard InChI is InChI=1S/C9H19N3O/c1-11(2)7-8-12-5-3-9(10-13)4-6-12/h13H,3-8H2,1-2H3. The van der Waals surface area contributed by atoms with E-state index in [4.69, 9.17) is 5.21 Å². The van der Waals surface area contributed by atoms with Crippen LogP contribution in [-0.4, -0.2) is 61.0 Å². The van der Waals surface area contributed by atoms with Gasteiger partial charge in [0.25, 0.3) is 0 Å². The Hall–Kier alpha value is -0.610. The molecule has 1 aliphatic rings. The second-order valence-corrected chi connectivity index (χ2v) is 3.81. The van der Waals surface area contributed by atoms with Gasteiger partial charge in [0.05, 0.1) is 5.71 Å². The van der Waals surface area contributed by atoms with Gasteiger partial charge in [-0.1, -0.05) is 5.16 Å². The minimum absolute atomic E-state index is 0.921. The second kappa shape index (κ2) is 5.19. The summed E-state index contributed by atoms with van der Waals surface area (Å²) in [7, 11) is 4.18. The molecule has 13 heavy (non-hydrogen) atoms. The van der Waals surface area contributed by atoms with Crippen molar-refractivity contribution in [2.24, 2.45) is 5.16 Å². The molecule has 0 aromatic heterocycles. The first-order valence-corrected chi connectivity index (χ1v) is 4.79. The maximum absolute atomic E-state index is 8.56. The van der Waals surface area contributed by atoms with Gasteiger partial charge in [-0.3, -0.25) is 0 Å². The van der Waals surface area contributed by atoms with Crippen LogP contribution in [0.25, 0.3) is 0 Å². The highest BCUT2D eigenvalue weighted by molar-refractivity contribution is 5.84. The molecule has 0 spiro atoms. The number of piperidine rings is 1. The molecule has 0 bridgehead atoms. The number of hydrogen-bond acceptors (Lipinski definition) is 4. The third kappa shape index (κ3) is 3.74. The lowest BCUT2D eigenvalue weighted by atomic mass is 10.1. The minimum Gasteiger partial charge on any atom is -0.411 e. The minimum atomic E-state index is 0.921. The predicted molar refractivity (Wildman–Crippen MR) is 53.4 cm³/mol. The van der Waals surface area contributed by atoms with Crippen LogP contribution in [0.5, 0.6) is 0 Å². The molecule has 0 aromatic rings. The third-order valence-electron chi connectivity index (χ3n) is 2.44. The Morgan fingerprint density at radius 1 is 1.38 bits per heavy atom. The highest BCUT2D eigenvalue weighted by Gasteiger charge is 2.14. The molecule has 0 atom stereocenters. The van der Waals surface area contributed by atoms with Gasteiger partial charge in [0.2, 0.25) is 0 Å². The van der Waals surface area contributed by atoms with E-state index in [1.807, 2.05) is 0 Å². The number of hydrogen-bond donors (Lipinski definition) is 1. The zero-order valence-corrected chi connectivity index (χ0v) is 8.53. The summed E-state index contributed by atoms with van der Waals surface area (Å²) in [6.45, 7) is 4.29. The molecule has 1 heterocycles. The number of likely N-dealkylation sites (tertiary alicyclic amines) is 1. The summed E-state index contributed by atoms with van der Waals surface area (Å²) in [5.74, 6) is 0. The van der Waals surface area contributed by atoms with Crippen molar-refractivity contribution < 1.29 is 5.21 Å². The fourth-order valence-corrected chi connectivity index (χ4v) is 1.48. The molecule has 4 nitrogen and oxygen atoms in total. The maximum atomic E-state index is 8.56. The molecule has 1 N–H and O–H groups in total. The quantitative estimate of drug-likeness (QED) is 0.513. The van der Waals surface area contributed by atoms with E-state index in [0.717, 1.165) is 44.7 Å². The lowest BCUT2D eigenvalue weighted by Crippen LogP contribution is -2.38. The van der Waals surface area contributed by atoms with E-state index < -0.39 is 0 Å². The molecule has 1 rings (SSSR count). The molecule has 1 saturated heterocycles. The molecule has 0 amide bonds. The van der Waals surface area contributed by atoms with Gasteiger partial charge in [0.1, 0.15) is 0 Å². The normalized spacial score (nSPS) is 19.5. The van der Waals surface area contributed by atoms with Gasteiger partial charge in [0, 0.05) is 39.0 Å². The first-order chi connectivity index (χ1) is 6.22. The molecule has 0 unspecified atom stereocenters. The Bertz CT molecular complexity index is 170. The van der Waals surface area contributed by atoms with Gasteiger partial charge in [-0.05, 0) is 14.1 Å². The van der Waals surface area contributed by atoms with Crippen molar-refractivity contribution in [3.05, 3.63) is 0 Å². The first kappa shape index (κ1) is 10.5. The summed E-state index contributed by atoms with van der Waals surface area (Å²) in [5.41, 5.74) is 0.945. The van der Waals surface area contributed by atoms with Gasteiger partial charge >= 0.3 is 0 Å². The lowest BCUT2D eigenvalue weighted by Gasteiger charge is -2.27. The third-order valence-corrected chi connectivity index (χ3v) is 2.44. The number of nitrogens with zero attached hydrogens (tertiary/aromatic N) is 3. The molecule has 76 valence electrons. The number of rotatable bonds is 3. The molecule has 1 fully saturated rings. The number of oxime groups is 1. The fourth-order valence-electron chi connectivity index (χ4n) is 1.48. The Morgan fingerprint density at radius 3 is 2.46 bits per heavy atom. The number of likely N-dealkylation sites (N-methyl/N-ethyl adjacent to an activating group) is 1. The van der Waals surface area contributed by atoms with E-state index in [2.05, 4.69) is 29.1 Å². The highest BCUT2D eigenvalue weighted by atomic mass is 16.4. The topological polar surface area (TPSA) is 39.1 Å². The Balaban J connectivity index is 2.18. The molecule has 0 saturated carbocycles. The van der Waals surface area contributed by atoms with Crippen molar-refractivity contribution in [3.63, 3.8) is 0 Å². The fraction of sp³-hybridized carbons (Fsp3) is 0.889. The molecule has 0 radical (unpaired) electrons. The van der Waals surface area contributed by atoms with E-state index in [1.54, 1.807) is 0 Å². The zero-order chi connectivity index (χ0) is 9.68. The van der Waals surface area contributed by atoms with E-state index in [0.29, 0.717) is 0 Å². The van der Waals surface area contributed by atoms with Crippen LogP contribution in [-0.2, 0) is 0 Å². The smallest absolute Gasteiger partial charge is 0.0596 e. The van der Waals surface area contributed by atoms with Crippen molar-refractivity contribution in [2.75, 3.05) is 40.3 Å². The SMILES string of the molecule is CN(C)CCN1CCC(=NO)CC1. The van der Waals surface area contributed by atoms with E-state index >= 15 is 0 Å². The van der Waals surface area contributed by atoms with Crippen LogP contribution in [0.1, 0.15) is 12.8 Å². The molecular formula is C9H19N3O. The Kier molecular flexibility index (Phi) is 4.18. The van der Waals surface area contributed by atoms with Crippen LogP contribution in [0, 0.1) is 0 Å². The highest BCUT2D eigenvalue weighted by Crippen LogP contribution is 2.06. The average molecular weight is 185 g/mol. The lowest BCUT2D eigenvalue weighted by molar-refractivity contribution is 0.236. The zero-order valence-electron chi connectivity index (χ0n) is 8.53. The van der Waals surface area contributed by atoms with Crippen LogP contribution in [0.15, 0.2) is 5.16 Å². The summed E-state index contributed by atoms with van der Waals surface area (Å²) in [5, 5.41) is 11.8. The monoisotopic (exact) mass is 185 g/mol. The summed E-state index contributed by atoms with van der Waals surface area (Å²) < 4.78 is 0. The first-order valence-electron chi connectivity index (χ1n) is 4.79. The largest absolute Gasteiger partial charge is 0.411 e. The molecule has 0 aromatic carbocycles. The van der Waals surface area contributed by atoms with Crippen molar-refractivity contribution in [1.29, 1.82) is 0 Å². The van der Waals surface area contributed by atoms with E-state index in [1.165, 1.54) is 0 Å². The van der Waals surface area contributed by atoms with Crippen LogP contribution < -0.4 is 0 Å². The molecule has 0 aliphatic carbocycles. The van der Waals surface area contributed by atoms with Gasteiger partial charge in [-0.2, -0.15) is 0 Å². The van der Waals surface area contributed by atoms with Crippen molar-refractivity contribution in [2.45, 2.75) is 12.8 Å². The predicted octanol–water partition coefficient (Wildman–Crippen LogP) is 0.474. The molecule has 4 heteroatoms. The summed E-state index contributed by atoms with van der Waals surface area (Å²) in [6, 6.07) is 0. The maximum Gasteiger partial charge on any atom is 0.0596 e. The molecular weight excluding hydrogens is 166 g/mol. The van der Waals surface area contributed by atoms with Crippen molar-refractivity contribution >= 4 is 5.71 Å². The van der Waals surface area contributed by atoms with Gasteiger partial charge in [-0.15, -0.1) is 0 Å². The van der Waals surface area contributed by atoms with Gasteiger partial charge in [-0.25, -0.2) is 0 Å². The van der Waals surface area contributed by atoms with Crippen molar-refractivity contribution in [1.82, 2.24) is 9.80 Å². The average Bonchev–Trinajstić information content (AvgIpc) is 2.15. The van der Waals surface area contributed by atoms with Gasteiger partial charge in [0.15, 0.2) is 0 Å². The summed E-state index contributed by atoms with van der Waals surface area (Å²) >= 11 is 0. The van der Waals surface area contributed by atoms with E-state index in [9.17, 15) is 0 Å². The van der Waals surface area contributed by atoms with Crippen LogP contribution in [0.3, 0.4) is 0 Å². The molecule has 1 aliphatic heterocycles. The van der Waals surface area contributed by atoms with Crippen LogP contribution in [0.4, 0.5) is 0 Å². The van der Waals surface area contributed by atoms with Crippen LogP contribution in [0.2, 0.25) is 0 Å². The summed E-state index contributed by atoms with van der Waals surface area (Å²) in [6.07, 6.45) is 1.84. The summed E-state index contributed by atoms with van der Waals surface area (Å²) in [4.78, 5) is 4.60. The van der Waals surface area contributed by atoms with Crippen LogP contribution >= 0.6 is 0 Å².